The van der Waals surface area contributed by atoms with E-state index >= 15 is 0 Å². The number of rotatable bonds is 7. The van der Waals surface area contributed by atoms with Gasteiger partial charge in [0, 0.05) is 0 Å². The monoisotopic (exact) mass is 344 g/mol. The Morgan fingerprint density at radius 1 is 1.16 bits per heavy atom. The van der Waals surface area contributed by atoms with Crippen molar-refractivity contribution in [2.24, 2.45) is 0 Å². The summed E-state index contributed by atoms with van der Waals surface area (Å²) in [7, 11) is 1.49. The van der Waals surface area contributed by atoms with Gasteiger partial charge in [-0.3, -0.25) is 4.79 Å². The second-order valence-corrected chi connectivity index (χ2v) is 5.90. The molecule has 0 aliphatic carbocycles. The Labute approximate surface area is 148 Å². The van der Waals surface area contributed by atoms with Crippen LogP contribution in [0.4, 0.5) is 0 Å². The van der Waals surface area contributed by atoms with Crippen molar-refractivity contribution in [3.8, 4) is 17.5 Å². The van der Waals surface area contributed by atoms with E-state index in [-0.39, 0.29) is 11.8 Å². The first-order chi connectivity index (χ1) is 12.0. The van der Waals surface area contributed by atoms with E-state index in [1.54, 1.807) is 13.8 Å². The highest BCUT2D eigenvalue weighted by atomic mass is 16.5. The Kier molecular flexibility index (Phi) is 6.33. The van der Waals surface area contributed by atoms with Crippen LogP contribution in [0, 0.1) is 0 Å². The number of esters is 1. The van der Waals surface area contributed by atoms with E-state index in [1.165, 1.54) is 13.4 Å². The highest BCUT2D eigenvalue weighted by Gasteiger charge is 2.27. The zero-order valence-electron chi connectivity index (χ0n) is 15.3. The Balaban J connectivity index is 2.41. The molecule has 134 valence electrons. The topological polar surface area (TPSA) is 70.5 Å². The molecule has 0 saturated heterocycles. The van der Waals surface area contributed by atoms with Crippen LogP contribution in [0.2, 0.25) is 0 Å². The van der Waals surface area contributed by atoms with Crippen molar-refractivity contribution in [3.63, 3.8) is 0 Å². The van der Waals surface area contributed by atoms with Gasteiger partial charge in [0.05, 0.1) is 25.2 Å². The van der Waals surface area contributed by atoms with E-state index in [9.17, 15) is 4.79 Å². The molecule has 0 saturated carbocycles. The van der Waals surface area contributed by atoms with Crippen molar-refractivity contribution in [3.05, 3.63) is 41.7 Å². The largest absolute Gasteiger partial charge is 0.481 e. The molecule has 6 heteroatoms. The molecule has 0 spiro atoms. The Morgan fingerprint density at radius 2 is 1.88 bits per heavy atom. The molecule has 1 aromatic heterocycles. The van der Waals surface area contributed by atoms with Crippen molar-refractivity contribution in [2.75, 3.05) is 13.7 Å². The van der Waals surface area contributed by atoms with Gasteiger partial charge in [-0.05, 0) is 37.5 Å². The number of benzene rings is 1. The zero-order valence-corrected chi connectivity index (χ0v) is 15.3. The first kappa shape index (κ1) is 18.7. The van der Waals surface area contributed by atoms with Gasteiger partial charge in [-0.1, -0.05) is 26.0 Å². The van der Waals surface area contributed by atoms with Crippen LogP contribution >= 0.6 is 0 Å². The highest BCUT2D eigenvalue weighted by molar-refractivity contribution is 5.79. The third kappa shape index (κ3) is 4.47. The molecule has 1 heterocycles. The minimum Gasteiger partial charge on any atom is -0.481 e. The molecule has 0 N–H and O–H groups in total. The lowest BCUT2D eigenvalue weighted by molar-refractivity contribution is -0.144. The molecule has 1 aromatic carbocycles. The van der Waals surface area contributed by atoms with Gasteiger partial charge in [-0.15, -0.1) is 0 Å². The van der Waals surface area contributed by atoms with Crippen LogP contribution in [-0.4, -0.2) is 29.7 Å². The third-order valence-corrected chi connectivity index (χ3v) is 3.82. The van der Waals surface area contributed by atoms with E-state index in [0.29, 0.717) is 29.7 Å². The summed E-state index contributed by atoms with van der Waals surface area (Å²) < 4.78 is 16.4. The van der Waals surface area contributed by atoms with E-state index in [2.05, 4.69) is 23.8 Å². The SMILES string of the molecule is CCOC(=O)C(C)c1c(OC)ncnc1Oc1cccc(C(C)C)c1. The van der Waals surface area contributed by atoms with Crippen LogP contribution in [0.15, 0.2) is 30.6 Å². The van der Waals surface area contributed by atoms with Gasteiger partial charge in [0.25, 0.3) is 0 Å². The average molecular weight is 344 g/mol. The maximum absolute atomic E-state index is 12.2. The lowest BCUT2D eigenvalue weighted by Crippen LogP contribution is -2.16. The molecule has 0 fully saturated rings. The minimum atomic E-state index is -0.612. The number of carbonyl (C=O) groups excluding carboxylic acids is 1. The van der Waals surface area contributed by atoms with E-state index in [0.717, 1.165) is 5.56 Å². The Morgan fingerprint density at radius 3 is 2.52 bits per heavy atom. The number of nitrogens with zero attached hydrogens (tertiary/aromatic N) is 2. The molecule has 0 aliphatic heterocycles. The number of carbonyl (C=O) groups is 1. The first-order valence-electron chi connectivity index (χ1n) is 8.31. The van der Waals surface area contributed by atoms with Gasteiger partial charge >= 0.3 is 5.97 Å². The quantitative estimate of drug-likeness (QED) is 0.705. The van der Waals surface area contributed by atoms with Crippen molar-refractivity contribution in [1.29, 1.82) is 0 Å². The van der Waals surface area contributed by atoms with Gasteiger partial charge in [-0.25, -0.2) is 9.97 Å². The maximum atomic E-state index is 12.2. The third-order valence-electron chi connectivity index (χ3n) is 3.82. The molecule has 0 bridgehead atoms. The van der Waals surface area contributed by atoms with Gasteiger partial charge in [0.15, 0.2) is 0 Å². The molecule has 0 amide bonds. The van der Waals surface area contributed by atoms with Crippen LogP contribution in [0.1, 0.15) is 50.7 Å². The lowest BCUT2D eigenvalue weighted by atomic mass is 10.0. The number of ether oxygens (including phenoxy) is 3. The summed E-state index contributed by atoms with van der Waals surface area (Å²) >= 11 is 0. The fourth-order valence-corrected chi connectivity index (χ4v) is 2.41. The predicted molar refractivity (Wildman–Crippen MR) is 94.2 cm³/mol. The van der Waals surface area contributed by atoms with Crippen molar-refractivity contribution in [1.82, 2.24) is 9.97 Å². The maximum Gasteiger partial charge on any atom is 0.313 e. The molecule has 0 aliphatic rings. The van der Waals surface area contributed by atoms with Crippen molar-refractivity contribution < 1.29 is 19.0 Å². The van der Waals surface area contributed by atoms with Gasteiger partial charge < -0.3 is 14.2 Å². The molecule has 0 radical (unpaired) electrons. The van der Waals surface area contributed by atoms with Crippen LogP contribution in [0.25, 0.3) is 0 Å². The molecular weight excluding hydrogens is 320 g/mol. The molecular formula is C19H24N2O4. The number of hydrogen-bond donors (Lipinski definition) is 0. The minimum absolute atomic E-state index is 0.285. The van der Waals surface area contributed by atoms with Crippen molar-refractivity contribution in [2.45, 2.75) is 39.5 Å². The number of hydrogen-bond acceptors (Lipinski definition) is 6. The molecule has 25 heavy (non-hydrogen) atoms. The Bertz CT molecular complexity index is 731. The molecule has 2 aromatic rings. The summed E-state index contributed by atoms with van der Waals surface area (Å²) in [6.45, 7) is 8.00. The summed E-state index contributed by atoms with van der Waals surface area (Å²) in [5, 5.41) is 0. The summed E-state index contributed by atoms with van der Waals surface area (Å²) in [4.78, 5) is 20.5. The predicted octanol–water partition coefficient (Wildman–Crippen LogP) is 4.07. The highest BCUT2D eigenvalue weighted by Crippen LogP contribution is 2.35. The molecule has 6 nitrogen and oxygen atoms in total. The summed E-state index contributed by atoms with van der Waals surface area (Å²) in [6.07, 6.45) is 1.35. The van der Waals surface area contributed by atoms with Gasteiger partial charge in [0.1, 0.15) is 12.1 Å². The molecule has 2 rings (SSSR count). The summed E-state index contributed by atoms with van der Waals surface area (Å²) in [6, 6.07) is 7.77. The van der Waals surface area contributed by atoms with Gasteiger partial charge in [0.2, 0.25) is 11.8 Å². The molecule has 1 atom stereocenters. The summed E-state index contributed by atoms with van der Waals surface area (Å²) in [5.41, 5.74) is 1.62. The average Bonchev–Trinajstić information content (AvgIpc) is 2.61. The fraction of sp³-hybridized carbons (Fsp3) is 0.421. The van der Waals surface area contributed by atoms with E-state index < -0.39 is 5.92 Å². The van der Waals surface area contributed by atoms with E-state index in [1.807, 2.05) is 24.3 Å². The van der Waals surface area contributed by atoms with Crippen LogP contribution in [-0.2, 0) is 9.53 Å². The van der Waals surface area contributed by atoms with Crippen molar-refractivity contribution >= 4 is 5.97 Å². The molecule has 1 unspecified atom stereocenters. The van der Waals surface area contributed by atoms with Gasteiger partial charge in [-0.2, -0.15) is 0 Å². The van der Waals surface area contributed by atoms with Crippen LogP contribution < -0.4 is 9.47 Å². The van der Waals surface area contributed by atoms with E-state index in [4.69, 9.17) is 14.2 Å². The smallest absolute Gasteiger partial charge is 0.313 e. The standard InChI is InChI=1S/C19H24N2O4/c1-6-24-19(22)13(4)16-17(23-5)20-11-21-18(16)25-15-9-7-8-14(10-15)12(2)3/h7-13H,6H2,1-5H3. The number of aromatic nitrogens is 2. The number of methoxy groups -OCH3 is 1. The normalized spacial score (nSPS) is 11.9. The second-order valence-electron chi connectivity index (χ2n) is 5.90. The summed E-state index contributed by atoms with van der Waals surface area (Å²) in [5.74, 6) is 0.611. The fourth-order valence-electron chi connectivity index (χ4n) is 2.41. The second kappa shape index (κ2) is 8.46. The lowest BCUT2D eigenvalue weighted by Gasteiger charge is -2.17. The zero-order chi connectivity index (χ0) is 18.4. The Hall–Kier alpha value is -2.63. The van der Waals surface area contributed by atoms with Crippen LogP contribution in [0.3, 0.4) is 0 Å². The van der Waals surface area contributed by atoms with Crippen LogP contribution in [0.5, 0.6) is 17.5 Å². The first-order valence-corrected chi connectivity index (χ1v) is 8.31.